The summed E-state index contributed by atoms with van der Waals surface area (Å²) in [6.45, 7) is 3.98. The van der Waals surface area contributed by atoms with E-state index in [1.807, 2.05) is 6.08 Å². The highest BCUT2D eigenvalue weighted by atomic mass is 79.9. The van der Waals surface area contributed by atoms with E-state index in [1.54, 1.807) is 18.0 Å². The molecule has 0 saturated carbocycles. The van der Waals surface area contributed by atoms with E-state index >= 15 is 0 Å². The summed E-state index contributed by atoms with van der Waals surface area (Å²) in [7, 11) is 1.67. The van der Waals surface area contributed by atoms with Gasteiger partial charge >= 0.3 is 6.18 Å². The Hall–Kier alpha value is -2.09. The number of benzene rings is 1. The molecule has 0 radical (unpaired) electrons. The van der Waals surface area contributed by atoms with Crippen LogP contribution in [-0.2, 0) is 15.8 Å². The number of nitrogens with zero attached hydrogens (tertiary/aromatic N) is 2. The molecule has 4 atom stereocenters. The van der Waals surface area contributed by atoms with E-state index in [4.69, 9.17) is 0 Å². The molecule has 2 unspecified atom stereocenters. The minimum atomic E-state index is -4.55. The molecule has 1 aromatic carbocycles. The van der Waals surface area contributed by atoms with E-state index in [0.717, 1.165) is 6.07 Å². The number of rotatable bonds is 1. The van der Waals surface area contributed by atoms with Gasteiger partial charge in [0, 0.05) is 28.8 Å². The van der Waals surface area contributed by atoms with Gasteiger partial charge in [0.25, 0.3) is 0 Å². The lowest BCUT2D eigenvalue weighted by molar-refractivity contribution is -0.146. The zero-order chi connectivity index (χ0) is 19.0. The maximum absolute atomic E-state index is 13.2. The Bertz CT molecular complexity index is 880. The van der Waals surface area contributed by atoms with Gasteiger partial charge in [-0.2, -0.15) is 13.2 Å². The quantitative estimate of drug-likeness (QED) is 0.643. The van der Waals surface area contributed by atoms with Crippen LogP contribution in [0.1, 0.15) is 5.56 Å². The average Bonchev–Trinajstić information content (AvgIpc) is 2.84. The number of halogens is 4. The minimum absolute atomic E-state index is 0.0972. The SMILES string of the molecule is C=C1[C@@H]2C3C=CC(C(=O)N3C)[C@@H]2C(=O)N1c1ccc(Br)c(C(F)(F)F)c1. The second kappa shape index (κ2) is 5.45. The van der Waals surface area contributed by atoms with Crippen LogP contribution in [0.5, 0.6) is 0 Å². The van der Waals surface area contributed by atoms with Crippen LogP contribution in [-0.4, -0.2) is 29.8 Å². The Kier molecular flexibility index (Phi) is 3.63. The van der Waals surface area contributed by atoms with Crippen molar-refractivity contribution >= 4 is 33.4 Å². The molecule has 3 heterocycles. The molecule has 5 rings (SSSR count). The highest BCUT2D eigenvalue weighted by Crippen LogP contribution is 2.50. The second-order valence-corrected chi connectivity index (χ2v) is 7.58. The average molecular weight is 427 g/mol. The molecular weight excluding hydrogens is 413 g/mol. The molecule has 0 aromatic heterocycles. The Labute approximate surface area is 156 Å². The van der Waals surface area contributed by atoms with Crippen molar-refractivity contribution < 1.29 is 22.8 Å². The summed E-state index contributed by atoms with van der Waals surface area (Å²) in [6, 6.07) is 3.34. The Morgan fingerprint density at radius 2 is 1.81 bits per heavy atom. The Balaban J connectivity index is 1.78. The van der Waals surface area contributed by atoms with Crippen molar-refractivity contribution in [3.05, 3.63) is 52.7 Å². The zero-order valence-corrected chi connectivity index (χ0v) is 15.2. The summed E-state index contributed by atoms with van der Waals surface area (Å²) in [5.41, 5.74) is -0.326. The van der Waals surface area contributed by atoms with Crippen LogP contribution in [0.3, 0.4) is 0 Å². The molecule has 2 saturated heterocycles. The van der Waals surface area contributed by atoms with Gasteiger partial charge in [0.05, 0.1) is 23.4 Å². The van der Waals surface area contributed by atoms with Crippen LogP contribution in [0.2, 0.25) is 0 Å². The van der Waals surface area contributed by atoms with Gasteiger partial charge in [0.2, 0.25) is 11.8 Å². The molecule has 2 amide bonds. The number of carbonyl (C=O) groups is 2. The largest absolute Gasteiger partial charge is 0.417 e. The smallest absolute Gasteiger partial charge is 0.338 e. The first-order valence-electron chi connectivity index (χ1n) is 7.97. The normalized spacial score (nSPS) is 30.4. The number of piperidine rings is 1. The van der Waals surface area contributed by atoms with E-state index in [9.17, 15) is 22.8 Å². The van der Waals surface area contributed by atoms with Crippen molar-refractivity contribution in [2.75, 3.05) is 11.9 Å². The van der Waals surface area contributed by atoms with Crippen molar-refractivity contribution in [3.8, 4) is 0 Å². The van der Waals surface area contributed by atoms with Gasteiger partial charge in [-0.25, -0.2) is 0 Å². The maximum Gasteiger partial charge on any atom is 0.417 e. The zero-order valence-electron chi connectivity index (χ0n) is 13.6. The summed E-state index contributed by atoms with van der Waals surface area (Å²) in [5.74, 6) is -2.05. The number of anilines is 1. The molecule has 1 aromatic rings. The van der Waals surface area contributed by atoms with Crippen molar-refractivity contribution in [2.24, 2.45) is 17.8 Å². The van der Waals surface area contributed by atoms with Crippen LogP contribution in [0.4, 0.5) is 18.9 Å². The lowest BCUT2D eigenvalue weighted by Crippen LogP contribution is -2.56. The van der Waals surface area contributed by atoms with Crippen molar-refractivity contribution in [3.63, 3.8) is 0 Å². The predicted octanol–water partition coefficient (Wildman–Crippen LogP) is 3.59. The molecule has 4 nitrogen and oxygen atoms in total. The summed E-state index contributed by atoms with van der Waals surface area (Å²) in [5, 5.41) is 0. The maximum atomic E-state index is 13.2. The van der Waals surface area contributed by atoms with Crippen LogP contribution in [0.25, 0.3) is 0 Å². The molecule has 0 N–H and O–H groups in total. The minimum Gasteiger partial charge on any atom is -0.338 e. The fraction of sp³-hybridized carbons (Fsp3) is 0.333. The highest BCUT2D eigenvalue weighted by molar-refractivity contribution is 9.10. The number of fused-ring (bicyclic) bond motifs is 1. The number of amides is 2. The Morgan fingerprint density at radius 1 is 1.12 bits per heavy atom. The fourth-order valence-corrected chi connectivity index (χ4v) is 4.68. The first-order chi connectivity index (χ1) is 12.1. The molecule has 8 heteroatoms. The van der Waals surface area contributed by atoms with Crippen molar-refractivity contribution in [2.45, 2.75) is 12.2 Å². The molecule has 136 valence electrons. The van der Waals surface area contributed by atoms with Crippen LogP contribution in [0.15, 0.2) is 47.1 Å². The van der Waals surface area contributed by atoms with Gasteiger partial charge in [-0.3, -0.25) is 14.5 Å². The third kappa shape index (κ3) is 2.21. The molecule has 0 spiro atoms. The van der Waals surface area contributed by atoms with Gasteiger partial charge in [0.1, 0.15) is 0 Å². The van der Waals surface area contributed by atoms with Crippen LogP contribution in [0, 0.1) is 17.8 Å². The van der Waals surface area contributed by atoms with E-state index < -0.39 is 23.6 Å². The number of likely N-dealkylation sites (N-methyl/N-ethyl adjacent to an activating group) is 1. The van der Waals surface area contributed by atoms with Gasteiger partial charge in [-0.05, 0) is 18.2 Å². The van der Waals surface area contributed by atoms with Gasteiger partial charge in [-0.15, -0.1) is 0 Å². The van der Waals surface area contributed by atoms with Gasteiger partial charge < -0.3 is 4.90 Å². The molecule has 1 aliphatic carbocycles. The lowest BCUT2D eigenvalue weighted by atomic mass is 9.69. The number of hydrogen-bond donors (Lipinski definition) is 0. The molecular formula is C18H14BrF3N2O2. The molecule has 26 heavy (non-hydrogen) atoms. The predicted molar refractivity (Wildman–Crippen MR) is 91.9 cm³/mol. The first kappa shape index (κ1) is 17.3. The number of hydrogen-bond acceptors (Lipinski definition) is 2. The summed E-state index contributed by atoms with van der Waals surface area (Å²) in [4.78, 5) is 28.2. The summed E-state index contributed by atoms with van der Waals surface area (Å²) >= 11 is 2.90. The Morgan fingerprint density at radius 3 is 2.46 bits per heavy atom. The second-order valence-electron chi connectivity index (χ2n) is 6.73. The third-order valence-corrected chi connectivity index (χ3v) is 6.12. The van der Waals surface area contributed by atoms with E-state index in [2.05, 4.69) is 22.5 Å². The van der Waals surface area contributed by atoms with Crippen molar-refractivity contribution in [1.29, 1.82) is 0 Å². The van der Waals surface area contributed by atoms with Gasteiger partial charge in [0.15, 0.2) is 0 Å². The highest BCUT2D eigenvalue weighted by Gasteiger charge is 2.58. The lowest BCUT2D eigenvalue weighted by Gasteiger charge is -2.45. The number of carbonyl (C=O) groups excluding carboxylic acids is 2. The third-order valence-electron chi connectivity index (χ3n) is 5.43. The van der Waals surface area contributed by atoms with E-state index in [0.29, 0.717) is 5.70 Å². The fourth-order valence-electron chi connectivity index (χ4n) is 4.21. The standard InChI is InChI=1S/C18H14BrF3N2O2/c1-8-14-13-6-4-10(16(25)23(13)2)15(14)17(26)24(8)9-3-5-12(19)11(7-9)18(20,21)22/h3-7,10,13-15H,1H2,2H3/t10?,13?,14-,15+/m1/s1. The van der Waals surface area contributed by atoms with Crippen molar-refractivity contribution in [1.82, 2.24) is 4.90 Å². The molecule has 2 bridgehead atoms. The number of alkyl halides is 3. The van der Waals surface area contributed by atoms with Crippen LogP contribution >= 0.6 is 15.9 Å². The van der Waals surface area contributed by atoms with Gasteiger partial charge in [-0.1, -0.05) is 34.7 Å². The van der Waals surface area contributed by atoms with Crippen LogP contribution < -0.4 is 4.90 Å². The first-order valence-corrected chi connectivity index (χ1v) is 8.76. The summed E-state index contributed by atoms with van der Waals surface area (Å²) < 4.78 is 39.6. The summed E-state index contributed by atoms with van der Waals surface area (Å²) in [6.07, 6.45) is -0.952. The monoisotopic (exact) mass is 426 g/mol. The topological polar surface area (TPSA) is 40.6 Å². The molecule has 3 aliphatic heterocycles. The molecule has 2 fully saturated rings. The van der Waals surface area contributed by atoms with E-state index in [1.165, 1.54) is 17.0 Å². The van der Waals surface area contributed by atoms with E-state index in [-0.39, 0.29) is 33.9 Å². The molecule has 4 aliphatic rings.